The Bertz CT molecular complexity index is 293. The molecule has 0 N–H and O–H groups in total. The fourth-order valence-electron chi connectivity index (χ4n) is 1.15. The van der Waals surface area contributed by atoms with Crippen molar-refractivity contribution in [3.05, 3.63) is 0 Å². The SMILES string of the molecule is CS(=O)(=O)OCOC(=O)N1CCCC1. The van der Waals surface area contributed by atoms with Crippen molar-refractivity contribution in [1.82, 2.24) is 4.90 Å². The number of hydrogen-bond donors (Lipinski definition) is 0. The molecule has 1 saturated heterocycles. The molecule has 0 aliphatic carbocycles. The second-order valence-electron chi connectivity index (χ2n) is 3.04. The van der Waals surface area contributed by atoms with Gasteiger partial charge >= 0.3 is 6.09 Å². The van der Waals surface area contributed by atoms with Crippen LogP contribution in [0, 0.1) is 0 Å². The summed E-state index contributed by atoms with van der Waals surface area (Å²) in [5, 5.41) is 0. The molecule has 0 atom stereocenters. The van der Waals surface area contributed by atoms with Crippen molar-refractivity contribution in [1.29, 1.82) is 0 Å². The first kappa shape index (κ1) is 11.3. The zero-order valence-electron chi connectivity index (χ0n) is 7.93. The topological polar surface area (TPSA) is 72.9 Å². The lowest BCUT2D eigenvalue weighted by Gasteiger charge is -2.14. The van der Waals surface area contributed by atoms with Crippen molar-refractivity contribution in [3.63, 3.8) is 0 Å². The molecule has 1 rings (SSSR count). The molecule has 0 aromatic heterocycles. The molecule has 1 aliphatic rings. The van der Waals surface area contributed by atoms with Gasteiger partial charge in [-0.2, -0.15) is 8.42 Å². The predicted molar refractivity (Wildman–Crippen MR) is 48.1 cm³/mol. The summed E-state index contributed by atoms with van der Waals surface area (Å²) in [7, 11) is -3.54. The molecule has 82 valence electrons. The van der Waals surface area contributed by atoms with Gasteiger partial charge in [0.25, 0.3) is 10.1 Å². The van der Waals surface area contributed by atoms with Gasteiger partial charge in [-0.25, -0.2) is 8.98 Å². The second kappa shape index (κ2) is 4.61. The van der Waals surface area contributed by atoms with Crippen LogP contribution < -0.4 is 0 Å². The van der Waals surface area contributed by atoms with Crippen LogP contribution in [0.15, 0.2) is 0 Å². The van der Waals surface area contributed by atoms with Gasteiger partial charge in [-0.15, -0.1) is 0 Å². The van der Waals surface area contributed by atoms with Crippen LogP contribution in [0.25, 0.3) is 0 Å². The maximum Gasteiger partial charge on any atom is 0.411 e. The number of hydrogen-bond acceptors (Lipinski definition) is 5. The van der Waals surface area contributed by atoms with Gasteiger partial charge in [-0.05, 0) is 12.8 Å². The van der Waals surface area contributed by atoms with E-state index in [1.54, 1.807) is 0 Å². The third-order valence-electron chi connectivity index (χ3n) is 1.81. The number of nitrogens with zero attached hydrogens (tertiary/aromatic N) is 1. The van der Waals surface area contributed by atoms with Crippen molar-refractivity contribution < 1.29 is 22.1 Å². The highest BCUT2D eigenvalue weighted by molar-refractivity contribution is 7.85. The van der Waals surface area contributed by atoms with Crippen molar-refractivity contribution in [3.8, 4) is 0 Å². The number of carbonyl (C=O) groups excluding carboxylic acids is 1. The number of carbonyl (C=O) groups is 1. The molecule has 6 nitrogen and oxygen atoms in total. The van der Waals surface area contributed by atoms with Gasteiger partial charge in [0, 0.05) is 13.1 Å². The molecule has 0 aromatic rings. The maximum atomic E-state index is 11.2. The average molecular weight is 223 g/mol. The minimum Gasteiger partial charge on any atom is -0.421 e. The van der Waals surface area contributed by atoms with E-state index in [9.17, 15) is 13.2 Å². The van der Waals surface area contributed by atoms with E-state index in [1.165, 1.54) is 4.90 Å². The Hall–Kier alpha value is -0.820. The quantitative estimate of drug-likeness (QED) is 0.503. The summed E-state index contributed by atoms with van der Waals surface area (Å²) in [6.07, 6.45) is 2.30. The highest BCUT2D eigenvalue weighted by Gasteiger charge is 2.19. The van der Waals surface area contributed by atoms with Gasteiger partial charge in [0.15, 0.2) is 0 Å². The zero-order valence-corrected chi connectivity index (χ0v) is 8.75. The molecule has 1 aliphatic heterocycles. The first-order valence-corrected chi connectivity index (χ1v) is 6.07. The van der Waals surface area contributed by atoms with Crippen LogP contribution in [-0.4, -0.2) is 45.5 Å². The first-order chi connectivity index (χ1) is 6.49. The smallest absolute Gasteiger partial charge is 0.411 e. The lowest BCUT2D eigenvalue weighted by atomic mass is 10.4. The summed E-state index contributed by atoms with van der Waals surface area (Å²) in [5.74, 6) is 0. The van der Waals surface area contributed by atoms with E-state index in [4.69, 9.17) is 0 Å². The Kier molecular flexibility index (Phi) is 3.70. The summed E-state index contributed by atoms with van der Waals surface area (Å²) in [5.41, 5.74) is 0. The summed E-state index contributed by atoms with van der Waals surface area (Å²) in [6.45, 7) is 0.781. The minimum absolute atomic E-state index is 0.522. The number of amides is 1. The molecule has 0 unspecified atom stereocenters. The monoisotopic (exact) mass is 223 g/mol. The highest BCUT2D eigenvalue weighted by atomic mass is 32.2. The lowest BCUT2D eigenvalue weighted by molar-refractivity contribution is 0.0432. The number of likely N-dealkylation sites (tertiary alicyclic amines) is 1. The number of rotatable bonds is 3. The van der Waals surface area contributed by atoms with E-state index in [2.05, 4.69) is 8.92 Å². The van der Waals surface area contributed by atoms with Crippen LogP contribution in [0.1, 0.15) is 12.8 Å². The molecule has 1 fully saturated rings. The van der Waals surface area contributed by atoms with Crippen molar-refractivity contribution in [2.45, 2.75) is 12.8 Å². The van der Waals surface area contributed by atoms with Crippen molar-refractivity contribution >= 4 is 16.2 Å². The van der Waals surface area contributed by atoms with Gasteiger partial charge in [0.2, 0.25) is 6.79 Å². The molecule has 1 amide bonds. The largest absolute Gasteiger partial charge is 0.421 e. The fourth-order valence-corrected chi connectivity index (χ4v) is 1.38. The summed E-state index contributed by atoms with van der Waals surface area (Å²) in [4.78, 5) is 12.7. The van der Waals surface area contributed by atoms with E-state index in [1.807, 2.05) is 0 Å². The molecular formula is C7H13NO5S. The second-order valence-corrected chi connectivity index (χ2v) is 4.69. The van der Waals surface area contributed by atoms with Gasteiger partial charge in [-0.1, -0.05) is 0 Å². The number of ether oxygens (including phenoxy) is 1. The minimum atomic E-state index is -3.54. The van der Waals surface area contributed by atoms with Crippen LogP contribution in [0.2, 0.25) is 0 Å². The first-order valence-electron chi connectivity index (χ1n) is 4.25. The standard InChI is InChI=1S/C7H13NO5S/c1-14(10,11)13-6-12-7(9)8-4-2-3-5-8/h2-6H2,1H3. The van der Waals surface area contributed by atoms with Gasteiger partial charge < -0.3 is 9.64 Å². The average Bonchev–Trinajstić information content (AvgIpc) is 2.53. The van der Waals surface area contributed by atoms with Crippen LogP contribution in [0.5, 0.6) is 0 Å². The van der Waals surface area contributed by atoms with Crippen LogP contribution in [-0.2, 0) is 19.0 Å². The third kappa shape index (κ3) is 3.93. The Balaban J connectivity index is 2.21. The van der Waals surface area contributed by atoms with E-state index in [-0.39, 0.29) is 0 Å². The Morgan fingerprint density at radius 1 is 1.36 bits per heavy atom. The van der Waals surface area contributed by atoms with Crippen LogP contribution >= 0.6 is 0 Å². The fraction of sp³-hybridized carbons (Fsp3) is 0.857. The Morgan fingerprint density at radius 2 is 1.93 bits per heavy atom. The third-order valence-corrected chi connectivity index (χ3v) is 2.33. The molecule has 0 spiro atoms. The maximum absolute atomic E-state index is 11.2. The van der Waals surface area contributed by atoms with E-state index in [0.717, 1.165) is 19.1 Å². The molecule has 1 heterocycles. The van der Waals surface area contributed by atoms with E-state index in [0.29, 0.717) is 13.1 Å². The molecule has 0 saturated carbocycles. The molecule has 0 bridgehead atoms. The summed E-state index contributed by atoms with van der Waals surface area (Å²) in [6, 6.07) is 0. The van der Waals surface area contributed by atoms with Crippen LogP contribution in [0.4, 0.5) is 4.79 Å². The van der Waals surface area contributed by atoms with Crippen molar-refractivity contribution in [2.75, 3.05) is 26.1 Å². The summed E-state index contributed by atoms with van der Waals surface area (Å²) < 4.78 is 29.9. The molecule has 14 heavy (non-hydrogen) atoms. The Morgan fingerprint density at radius 3 is 2.43 bits per heavy atom. The highest BCUT2D eigenvalue weighted by Crippen LogP contribution is 2.08. The molecule has 7 heteroatoms. The predicted octanol–water partition coefficient (Wildman–Crippen LogP) is 0.153. The normalized spacial score (nSPS) is 17.1. The van der Waals surface area contributed by atoms with Crippen molar-refractivity contribution in [2.24, 2.45) is 0 Å². The Labute approximate surface area is 82.9 Å². The molecule has 0 aromatic carbocycles. The van der Waals surface area contributed by atoms with Crippen LogP contribution in [0.3, 0.4) is 0 Å². The summed E-state index contributed by atoms with van der Waals surface area (Å²) >= 11 is 0. The van der Waals surface area contributed by atoms with Gasteiger partial charge in [0.1, 0.15) is 0 Å². The molecule has 0 radical (unpaired) electrons. The van der Waals surface area contributed by atoms with E-state index < -0.39 is 23.0 Å². The lowest BCUT2D eigenvalue weighted by Crippen LogP contribution is -2.29. The van der Waals surface area contributed by atoms with Gasteiger partial charge in [-0.3, -0.25) is 0 Å². The van der Waals surface area contributed by atoms with Gasteiger partial charge in [0.05, 0.1) is 6.26 Å². The molecular weight excluding hydrogens is 210 g/mol. The zero-order chi connectivity index (χ0) is 10.6. The van der Waals surface area contributed by atoms with E-state index >= 15 is 0 Å².